The summed E-state index contributed by atoms with van der Waals surface area (Å²) in [5, 5.41) is 12.8. The molecule has 2 aromatic rings. The molecule has 1 aromatic carbocycles. The number of para-hydroxylation sites is 1. The van der Waals surface area contributed by atoms with E-state index in [4.69, 9.17) is 9.52 Å². The van der Waals surface area contributed by atoms with E-state index in [0.29, 0.717) is 6.54 Å². The lowest BCUT2D eigenvalue weighted by molar-refractivity contribution is -0.139. The van der Waals surface area contributed by atoms with Crippen LogP contribution in [0.4, 0.5) is 0 Å². The Bertz CT molecular complexity index is 545. The monoisotopic (exact) mass is 233 g/mol. The number of aliphatic carboxylic acids is 1. The number of carboxylic acid groups (broad SMARTS) is 1. The van der Waals surface area contributed by atoms with Crippen molar-refractivity contribution in [3.05, 3.63) is 35.6 Å². The van der Waals surface area contributed by atoms with Crippen molar-refractivity contribution in [2.24, 2.45) is 0 Å². The third-order valence-corrected chi connectivity index (χ3v) is 2.86. The van der Waals surface area contributed by atoms with Gasteiger partial charge in [-0.15, -0.1) is 0 Å². The van der Waals surface area contributed by atoms with Crippen LogP contribution in [-0.2, 0) is 11.3 Å². The lowest BCUT2D eigenvalue weighted by Gasteiger charge is -2.08. The third kappa shape index (κ3) is 2.31. The molecule has 1 heterocycles. The quantitative estimate of drug-likeness (QED) is 0.850. The van der Waals surface area contributed by atoms with Crippen LogP contribution < -0.4 is 5.32 Å². The van der Waals surface area contributed by atoms with Gasteiger partial charge in [0, 0.05) is 17.5 Å². The highest BCUT2D eigenvalue weighted by atomic mass is 16.4. The molecule has 1 unspecified atom stereocenters. The van der Waals surface area contributed by atoms with Gasteiger partial charge in [0.05, 0.1) is 0 Å². The van der Waals surface area contributed by atoms with E-state index in [2.05, 4.69) is 5.32 Å². The molecule has 4 nitrogen and oxygen atoms in total. The van der Waals surface area contributed by atoms with Gasteiger partial charge in [0.2, 0.25) is 0 Å². The number of benzene rings is 1. The minimum absolute atomic E-state index is 0.496. The van der Waals surface area contributed by atoms with Crippen LogP contribution in [0.5, 0.6) is 0 Å². The molecule has 0 saturated heterocycles. The number of rotatable bonds is 4. The molecule has 2 rings (SSSR count). The molecule has 0 saturated carbocycles. The molecule has 1 aromatic heterocycles. The first-order chi connectivity index (χ1) is 8.09. The summed E-state index contributed by atoms with van der Waals surface area (Å²) in [5.74, 6) is -0.0215. The summed E-state index contributed by atoms with van der Waals surface area (Å²) in [6.45, 7) is 4.01. The van der Waals surface area contributed by atoms with Gasteiger partial charge in [0.15, 0.2) is 0 Å². The second kappa shape index (κ2) is 4.59. The topological polar surface area (TPSA) is 62.5 Å². The Morgan fingerprint density at radius 2 is 2.18 bits per heavy atom. The fourth-order valence-electron chi connectivity index (χ4n) is 1.78. The molecule has 0 bridgehead atoms. The Morgan fingerprint density at radius 1 is 1.47 bits per heavy atom. The molecule has 0 aliphatic rings. The molecule has 0 aliphatic carbocycles. The Labute approximate surface area is 99.2 Å². The molecular weight excluding hydrogens is 218 g/mol. The summed E-state index contributed by atoms with van der Waals surface area (Å²) in [6.07, 6.45) is 0. The number of carbonyl (C=O) groups is 1. The van der Waals surface area contributed by atoms with Crippen molar-refractivity contribution in [1.82, 2.24) is 5.32 Å². The van der Waals surface area contributed by atoms with E-state index in [0.717, 1.165) is 22.3 Å². The Hall–Kier alpha value is -1.81. The molecule has 0 aliphatic heterocycles. The summed E-state index contributed by atoms with van der Waals surface area (Å²) in [5.41, 5.74) is 1.86. The van der Waals surface area contributed by atoms with Gasteiger partial charge < -0.3 is 14.8 Å². The lowest BCUT2D eigenvalue weighted by atomic mass is 10.1. The molecule has 4 heteroatoms. The van der Waals surface area contributed by atoms with Gasteiger partial charge in [0.1, 0.15) is 17.4 Å². The summed E-state index contributed by atoms with van der Waals surface area (Å²) < 4.78 is 5.60. The predicted octanol–water partition coefficient (Wildman–Crippen LogP) is 2.30. The first-order valence-corrected chi connectivity index (χ1v) is 5.53. The van der Waals surface area contributed by atoms with Gasteiger partial charge in [-0.05, 0) is 19.9 Å². The van der Waals surface area contributed by atoms with E-state index in [9.17, 15) is 4.79 Å². The first-order valence-electron chi connectivity index (χ1n) is 5.53. The summed E-state index contributed by atoms with van der Waals surface area (Å²) in [6, 6.07) is 7.19. The van der Waals surface area contributed by atoms with Crippen molar-refractivity contribution in [2.75, 3.05) is 0 Å². The maximum absolute atomic E-state index is 10.7. The van der Waals surface area contributed by atoms with Gasteiger partial charge in [-0.1, -0.05) is 18.2 Å². The minimum atomic E-state index is -0.851. The predicted molar refractivity (Wildman–Crippen MR) is 64.9 cm³/mol. The zero-order chi connectivity index (χ0) is 12.4. The number of fused-ring (bicyclic) bond motifs is 1. The zero-order valence-corrected chi connectivity index (χ0v) is 9.86. The van der Waals surface area contributed by atoms with Crippen molar-refractivity contribution in [1.29, 1.82) is 0 Å². The van der Waals surface area contributed by atoms with Crippen molar-refractivity contribution >= 4 is 16.9 Å². The maximum atomic E-state index is 10.7. The fourth-order valence-corrected chi connectivity index (χ4v) is 1.78. The van der Waals surface area contributed by atoms with E-state index >= 15 is 0 Å². The van der Waals surface area contributed by atoms with E-state index < -0.39 is 12.0 Å². The Balaban J connectivity index is 2.23. The second-order valence-electron chi connectivity index (χ2n) is 4.07. The molecular formula is C13H15NO3. The largest absolute Gasteiger partial charge is 0.480 e. The molecule has 0 spiro atoms. The van der Waals surface area contributed by atoms with Crippen LogP contribution in [0.25, 0.3) is 11.0 Å². The average Bonchev–Trinajstić information content (AvgIpc) is 2.61. The number of carboxylic acids is 1. The van der Waals surface area contributed by atoms with Gasteiger partial charge in [0.25, 0.3) is 0 Å². The number of nitrogens with one attached hydrogen (secondary N) is 1. The van der Waals surface area contributed by atoms with Gasteiger partial charge in [-0.25, -0.2) is 0 Å². The minimum Gasteiger partial charge on any atom is -0.480 e. The molecule has 0 fully saturated rings. The number of aryl methyl sites for hydroxylation is 1. The first kappa shape index (κ1) is 11.7. The molecule has 1 atom stereocenters. The molecule has 0 radical (unpaired) electrons. The fraction of sp³-hybridized carbons (Fsp3) is 0.308. The van der Waals surface area contributed by atoms with Crippen LogP contribution >= 0.6 is 0 Å². The maximum Gasteiger partial charge on any atom is 0.320 e. The van der Waals surface area contributed by atoms with Crippen LogP contribution in [-0.4, -0.2) is 17.1 Å². The smallest absolute Gasteiger partial charge is 0.320 e. The van der Waals surface area contributed by atoms with Gasteiger partial charge in [-0.2, -0.15) is 0 Å². The Kier molecular flexibility index (Phi) is 3.15. The highest BCUT2D eigenvalue weighted by molar-refractivity contribution is 5.82. The van der Waals surface area contributed by atoms with Crippen LogP contribution in [0.1, 0.15) is 18.2 Å². The van der Waals surface area contributed by atoms with E-state index in [1.807, 2.05) is 31.2 Å². The highest BCUT2D eigenvalue weighted by Crippen LogP contribution is 2.24. The normalized spacial score (nSPS) is 12.8. The lowest BCUT2D eigenvalue weighted by Crippen LogP contribution is -2.33. The van der Waals surface area contributed by atoms with Crippen LogP contribution in [0.2, 0.25) is 0 Å². The summed E-state index contributed by atoms with van der Waals surface area (Å²) >= 11 is 0. The number of hydrogen-bond donors (Lipinski definition) is 2. The number of hydrogen-bond acceptors (Lipinski definition) is 3. The van der Waals surface area contributed by atoms with E-state index in [1.54, 1.807) is 6.92 Å². The van der Waals surface area contributed by atoms with Crippen LogP contribution in [0.15, 0.2) is 28.7 Å². The van der Waals surface area contributed by atoms with E-state index in [-0.39, 0.29) is 0 Å². The molecule has 2 N–H and O–H groups in total. The van der Waals surface area contributed by atoms with Crippen molar-refractivity contribution in [3.8, 4) is 0 Å². The highest BCUT2D eigenvalue weighted by Gasteiger charge is 2.14. The van der Waals surface area contributed by atoms with Gasteiger partial charge in [-0.3, -0.25) is 4.79 Å². The second-order valence-corrected chi connectivity index (χ2v) is 4.07. The van der Waals surface area contributed by atoms with Crippen molar-refractivity contribution < 1.29 is 14.3 Å². The molecule has 0 amide bonds. The van der Waals surface area contributed by atoms with Crippen LogP contribution in [0.3, 0.4) is 0 Å². The third-order valence-electron chi connectivity index (χ3n) is 2.86. The Morgan fingerprint density at radius 3 is 2.88 bits per heavy atom. The van der Waals surface area contributed by atoms with E-state index in [1.165, 1.54) is 0 Å². The average molecular weight is 233 g/mol. The summed E-state index contributed by atoms with van der Waals surface area (Å²) in [7, 11) is 0. The standard InChI is InChI=1S/C13H15NO3/c1-8(13(15)16)14-7-11-9(2)17-12-6-4-3-5-10(11)12/h3-6,8,14H,7H2,1-2H3,(H,15,16). The van der Waals surface area contributed by atoms with Crippen molar-refractivity contribution in [2.45, 2.75) is 26.4 Å². The van der Waals surface area contributed by atoms with Crippen LogP contribution in [0, 0.1) is 6.92 Å². The zero-order valence-electron chi connectivity index (χ0n) is 9.86. The SMILES string of the molecule is Cc1oc2ccccc2c1CNC(C)C(=O)O. The summed E-state index contributed by atoms with van der Waals surface area (Å²) in [4.78, 5) is 10.7. The van der Waals surface area contributed by atoms with Crippen molar-refractivity contribution in [3.63, 3.8) is 0 Å². The number of furan rings is 1. The molecule has 17 heavy (non-hydrogen) atoms. The van der Waals surface area contributed by atoms with Gasteiger partial charge >= 0.3 is 5.97 Å². The molecule has 90 valence electrons.